The van der Waals surface area contributed by atoms with Crippen LogP contribution in [0.4, 0.5) is 0 Å². The summed E-state index contributed by atoms with van der Waals surface area (Å²) in [5, 5.41) is 0. The van der Waals surface area contributed by atoms with Gasteiger partial charge in [-0.25, -0.2) is 0 Å². The van der Waals surface area contributed by atoms with Gasteiger partial charge in [0.05, 0.1) is 6.61 Å². The first-order chi connectivity index (χ1) is 8.60. The lowest BCUT2D eigenvalue weighted by molar-refractivity contribution is -0.112. The van der Waals surface area contributed by atoms with Crippen molar-refractivity contribution in [1.82, 2.24) is 8.77 Å². The third kappa shape index (κ3) is 3.08. The second kappa shape index (κ2) is 5.79. The van der Waals surface area contributed by atoms with Crippen molar-refractivity contribution in [2.24, 2.45) is 0 Å². The van der Waals surface area contributed by atoms with Crippen molar-refractivity contribution >= 4 is 10.2 Å². The first-order valence-corrected chi connectivity index (χ1v) is 7.41. The van der Waals surface area contributed by atoms with Crippen LogP contribution in [0.5, 0.6) is 0 Å². The van der Waals surface area contributed by atoms with Gasteiger partial charge < -0.3 is 0 Å². The second-order valence-corrected chi connectivity index (χ2v) is 6.24. The summed E-state index contributed by atoms with van der Waals surface area (Å²) in [5.41, 5.74) is 0.959. The van der Waals surface area contributed by atoms with Crippen molar-refractivity contribution in [2.45, 2.75) is 19.4 Å². The summed E-state index contributed by atoms with van der Waals surface area (Å²) in [4.78, 5) is 5.21. The molecule has 5 nitrogen and oxygen atoms in total. The van der Waals surface area contributed by atoms with Gasteiger partial charge in [0.25, 0.3) is 0 Å². The maximum Gasteiger partial charge on any atom is 0.304 e. The molecule has 1 aliphatic heterocycles. The molecule has 2 rings (SSSR count). The van der Waals surface area contributed by atoms with Crippen LogP contribution in [0.3, 0.4) is 0 Å². The SMILES string of the molecule is CN(Cc1ccccc1)S(=O)(=O)N1CCCCO1. The van der Waals surface area contributed by atoms with Crippen molar-refractivity contribution in [3.63, 3.8) is 0 Å². The van der Waals surface area contributed by atoms with Crippen LogP contribution in [-0.4, -0.2) is 37.4 Å². The number of hydroxylamine groups is 1. The summed E-state index contributed by atoms with van der Waals surface area (Å²) in [6.07, 6.45) is 1.76. The zero-order valence-electron chi connectivity index (χ0n) is 10.4. The smallest absolute Gasteiger partial charge is 0.283 e. The Labute approximate surface area is 108 Å². The quantitative estimate of drug-likeness (QED) is 0.830. The molecule has 18 heavy (non-hydrogen) atoms. The molecule has 1 fully saturated rings. The van der Waals surface area contributed by atoms with Crippen LogP contribution in [0.25, 0.3) is 0 Å². The fourth-order valence-corrected chi connectivity index (χ4v) is 3.02. The standard InChI is InChI=1S/C12H18N2O3S/c1-13(11-12-7-3-2-4-8-12)18(15,16)14-9-5-6-10-17-14/h2-4,7-8H,5-6,9-11H2,1H3. The van der Waals surface area contributed by atoms with Gasteiger partial charge in [-0.05, 0) is 18.4 Å². The summed E-state index contributed by atoms with van der Waals surface area (Å²) in [7, 11) is -1.95. The lowest BCUT2D eigenvalue weighted by atomic mass is 10.2. The van der Waals surface area contributed by atoms with Crippen LogP contribution in [0, 0.1) is 0 Å². The Kier molecular flexibility index (Phi) is 4.34. The Morgan fingerprint density at radius 1 is 1.28 bits per heavy atom. The Bertz CT molecular complexity index is 469. The third-order valence-electron chi connectivity index (χ3n) is 2.87. The molecule has 0 saturated carbocycles. The largest absolute Gasteiger partial charge is 0.304 e. The zero-order chi connectivity index (χ0) is 13.0. The molecule has 0 amide bonds. The van der Waals surface area contributed by atoms with E-state index in [0.29, 0.717) is 19.7 Å². The Balaban J connectivity index is 2.05. The van der Waals surface area contributed by atoms with Crippen LogP contribution in [0.2, 0.25) is 0 Å². The highest BCUT2D eigenvalue weighted by Gasteiger charge is 2.29. The predicted octanol–water partition coefficient (Wildman–Crippen LogP) is 1.39. The molecular weight excluding hydrogens is 252 g/mol. The molecule has 0 atom stereocenters. The van der Waals surface area contributed by atoms with Gasteiger partial charge in [0, 0.05) is 20.1 Å². The van der Waals surface area contributed by atoms with Gasteiger partial charge in [-0.3, -0.25) is 4.84 Å². The zero-order valence-corrected chi connectivity index (χ0v) is 11.3. The van der Waals surface area contributed by atoms with Gasteiger partial charge >= 0.3 is 10.2 Å². The van der Waals surface area contributed by atoms with Crippen LogP contribution < -0.4 is 0 Å². The van der Waals surface area contributed by atoms with Gasteiger partial charge in [0.1, 0.15) is 0 Å². The maximum atomic E-state index is 12.2. The summed E-state index contributed by atoms with van der Waals surface area (Å²) < 4.78 is 26.8. The average molecular weight is 270 g/mol. The highest BCUT2D eigenvalue weighted by molar-refractivity contribution is 7.86. The minimum absolute atomic E-state index is 0.350. The molecule has 6 heteroatoms. The molecule has 0 N–H and O–H groups in total. The Morgan fingerprint density at radius 2 is 2.00 bits per heavy atom. The Hall–Kier alpha value is -0.950. The van der Waals surface area contributed by atoms with Crippen LogP contribution in [0.1, 0.15) is 18.4 Å². The van der Waals surface area contributed by atoms with Gasteiger partial charge in [-0.2, -0.15) is 12.7 Å². The lowest BCUT2D eigenvalue weighted by Gasteiger charge is -2.29. The molecule has 0 bridgehead atoms. The van der Waals surface area contributed by atoms with Crippen molar-refractivity contribution < 1.29 is 13.3 Å². The van der Waals surface area contributed by atoms with Crippen LogP contribution in [-0.2, 0) is 21.6 Å². The van der Waals surface area contributed by atoms with Gasteiger partial charge in [-0.1, -0.05) is 34.8 Å². The number of nitrogens with zero attached hydrogens (tertiary/aromatic N) is 2. The molecule has 1 aromatic rings. The second-order valence-electron chi connectivity index (χ2n) is 4.32. The molecule has 1 saturated heterocycles. The minimum Gasteiger partial charge on any atom is -0.283 e. The topological polar surface area (TPSA) is 49.9 Å². The first-order valence-electron chi connectivity index (χ1n) is 6.01. The monoisotopic (exact) mass is 270 g/mol. The summed E-state index contributed by atoms with van der Waals surface area (Å²) in [5.74, 6) is 0. The van der Waals surface area contributed by atoms with E-state index in [1.807, 2.05) is 30.3 Å². The van der Waals surface area contributed by atoms with E-state index in [1.165, 1.54) is 4.31 Å². The molecule has 0 aliphatic carbocycles. The number of hydrogen-bond donors (Lipinski definition) is 0. The molecule has 0 aromatic heterocycles. The number of benzene rings is 1. The molecule has 1 aromatic carbocycles. The molecule has 0 radical (unpaired) electrons. The minimum atomic E-state index is -3.52. The number of rotatable bonds is 4. The fraction of sp³-hybridized carbons (Fsp3) is 0.500. The van der Waals surface area contributed by atoms with Crippen molar-refractivity contribution in [3.05, 3.63) is 35.9 Å². The average Bonchev–Trinajstić information content (AvgIpc) is 2.41. The van der Waals surface area contributed by atoms with E-state index in [1.54, 1.807) is 7.05 Å². The van der Waals surface area contributed by atoms with Crippen LogP contribution >= 0.6 is 0 Å². The Morgan fingerprint density at radius 3 is 2.61 bits per heavy atom. The third-order valence-corrected chi connectivity index (χ3v) is 4.59. The van der Waals surface area contributed by atoms with Gasteiger partial charge in [-0.15, -0.1) is 0 Å². The van der Waals surface area contributed by atoms with E-state index in [4.69, 9.17) is 4.84 Å². The van der Waals surface area contributed by atoms with E-state index >= 15 is 0 Å². The van der Waals surface area contributed by atoms with Gasteiger partial charge in [0.15, 0.2) is 0 Å². The van der Waals surface area contributed by atoms with Crippen molar-refractivity contribution in [2.75, 3.05) is 20.2 Å². The molecule has 1 heterocycles. The van der Waals surface area contributed by atoms with Crippen molar-refractivity contribution in [1.29, 1.82) is 0 Å². The highest BCUT2D eigenvalue weighted by Crippen LogP contribution is 2.16. The van der Waals surface area contributed by atoms with Crippen molar-refractivity contribution in [3.8, 4) is 0 Å². The molecule has 100 valence electrons. The van der Waals surface area contributed by atoms with E-state index in [-0.39, 0.29) is 0 Å². The van der Waals surface area contributed by atoms with E-state index in [0.717, 1.165) is 22.9 Å². The first kappa shape index (κ1) is 13.5. The van der Waals surface area contributed by atoms with E-state index < -0.39 is 10.2 Å². The summed E-state index contributed by atoms with van der Waals surface area (Å²) >= 11 is 0. The van der Waals surface area contributed by atoms with Gasteiger partial charge in [0.2, 0.25) is 0 Å². The lowest BCUT2D eigenvalue weighted by Crippen LogP contribution is -2.43. The summed E-state index contributed by atoms with van der Waals surface area (Å²) in [6, 6.07) is 9.51. The predicted molar refractivity (Wildman–Crippen MR) is 68.7 cm³/mol. The fourth-order valence-electron chi connectivity index (χ4n) is 1.83. The normalized spacial score (nSPS) is 18.1. The summed E-state index contributed by atoms with van der Waals surface area (Å²) in [6.45, 7) is 1.25. The van der Waals surface area contributed by atoms with E-state index in [9.17, 15) is 8.42 Å². The highest BCUT2D eigenvalue weighted by atomic mass is 32.2. The molecule has 0 spiro atoms. The molecule has 1 aliphatic rings. The maximum absolute atomic E-state index is 12.2. The van der Waals surface area contributed by atoms with E-state index in [2.05, 4.69) is 0 Å². The van der Waals surface area contributed by atoms with Crippen LogP contribution in [0.15, 0.2) is 30.3 Å². The molecule has 0 unspecified atom stereocenters. The molecular formula is C12H18N2O3S. The number of hydrogen-bond acceptors (Lipinski definition) is 3.